The predicted molar refractivity (Wildman–Crippen MR) is 108 cm³/mol. The van der Waals surface area contributed by atoms with Crippen molar-refractivity contribution in [1.82, 2.24) is 10.3 Å². The SMILES string of the molecule is Cc1ccc(CNC(=O)Cc2c(Sc3cccc(F)c3)[nH]c3ccccc23)o1. The van der Waals surface area contributed by atoms with Crippen LogP contribution in [-0.2, 0) is 17.8 Å². The van der Waals surface area contributed by atoms with E-state index < -0.39 is 0 Å². The average Bonchev–Trinajstić information content (AvgIpc) is 3.24. The van der Waals surface area contributed by atoms with Crippen molar-refractivity contribution in [2.45, 2.75) is 29.8 Å². The maximum absolute atomic E-state index is 13.6. The molecule has 0 fully saturated rings. The lowest BCUT2D eigenvalue weighted by Gasteiger charge is -2.06. The van der Waals surface area contributed by atoms with Gasteiger partial charge in [0.15, 0.2) is 0 Å². The lowest BCUT2D eigenvalue weighted by atomic mass is 10.1. The molecule has 4 rings (SSSR count). The minimum atomic E-state index is -0.283. The number of carbonyl (C=O) groups is 1. The molecule has 0 atom stereocenters. The standard InChI is InChI=1S/C22H19FN2O2S/c1-14-9-10-16(27-14)13-24-21(26)12-19-18-7-2-3-8-20(18)25-22(19)28-17-6-4-5-15(23)11-17/h2-11,25H,12-13H2,1H3,(H,24,26). The molecule has 2 heterocycles. The van der Waals surface area contributed by atoms with Crippen LogP contribution in [-0.4, -0.2) is 10.9 Å². The first-order chi connectivity index (χ1) is 13.6. The quantitative estimate of drug-likeness (QED) is 0.471. The molecule has 2 aromatic carbocycles. The number of hydrogen-bond acceptors (Lipinski definition) is 3. The number of rotatable bonds is 6. The zero-order valence-electron chi connectivity index (χ0n) is 15.3. The zero-order valence-corrected chi connectivity index (χ0v) is 16.1. The summed E-state index contributed by atoms with van der Waals surface area (Å²) in [6, 6.07) is 18.0. The molecule has 4 nitrogen and oxygen atoms in total. The van der Waals surface area contributed by atoms with Gasteiger partial charge in [0.25, 0.3) is 0 Å². The maximum atomic E-state index is 13.6. The van der Waals surface area contributed by atoms with Gasteiger partial charge >= 0.3 is 0 Å². The second-order valence-electron chi connectivity index (χ2n) is 6.50. The fourth-order valence-electron chi connectivity index (χ4n) is 3.08. The number of carbonyl (C=O) groups excluding carboxylic acids is 1. The fraction of sp³-hybridized carbons (Fsp3) is 0.136. The van der Waals surface area contributed by atoms with E-state index in [1.54, 1.807) is 6.07 Å². The number of furan rings is 1. The lowest BCUT2D eigenvalue weighted by Crippen LogP contribution is -2.24. The molecule has 0 saturated carbocycles. The van der Waals surface area contributed by atoms with Crippen LogP contribution in [0.2, 0.25) is 0 Å². The summed E-state index contributed by atoms with van der Waals surface area (Å²) in [6.07, 6.45) is 0.224. The molecule has 4 aromatic rings. The third-order valence-electron chi connectivity index (χ3n) is 4.38. The minimum absolute atomic E-state index is 0.0973. The predicted octanol–water partition coefficient (Wildman–Crippen LogP) is 5.22. The summed E-state index contributed by atoms with van der Waals surface area (Å²) < 4.78 is 19.0. The van der Waals surface area contributed by atoms with Crippen LogP contribution in [0.15, 0.2) is 75.0 Å². The van der Waals surface area contributed by atoms with Crippen molar-refractivity contribution in [2.75, 3.05) is 0 Å². The molecule has 0 aliphatic rings. The molecule has 2 N–H and O–H groups in total. The summed E-state index contributed by atoms with van der Waals surface area (Å²) >= 11 is 1.42. The Morgan fingerprint density at radius 2 is 2.00 bits per heavy atom. The van der Waals surface area contributed by atoms with Crippen molar-refractivity contribution in [3.8, 4) is 0 Å². The van der Waals surface area contributed by atoms with Crippen molar-refractivity contribution in [2.24, 2.45) is 0 Å². The molecule has 6 heteroatoms. The Kier molecular flexibility index (Phi) is 5.21. The highest BCUT2D eigenvalue weighted by molar-refractivity contribution is 7.99. The van der Waals surface area contributed by atoms with Crippen LogP contribution in [0.3, 0.4) is 0 Å². The molecule has 0 bridgehead atoms. The molecule has 0 aliphatic heterocycles. The van der Waals surface area contributed by atoms with Crippen LogP contribution in [0.25, 0.3) is 10.9 Å². The Hall–Kier alpha value is -2.99. The molecule has 0 radical (unpaired) electrons. The Balaban J connectivity index is 1.56. The molecular weight excluding hydrogens is 375 g/mol. The van der Waals surface area contributed by atoms with Crippen LogP contribution >= 0.6 is 11.8 Å². The van der Waals surface area contributed by atoms with Crippen molar-refractivity contribution in [3.05, 3.63) is 83.6 Å². The third-order valence-corrected chi connectivity index (χ3v) is 5.43. The Labute approximate surface area is 166 Å². The number of aromatic amines is 1. The van der Waals surface area contributed by atoms with Gasteiger partial charge in [-0.2, -0.15) is 0 Å². The molecule has 28 heavy (non-hydrogen) atoms. The summed E-state index contributed by atoms with van der Waals surface area (Å²) in [6.45, 7) is 2.22. The van der Waals surface area contributed by atoms with E-state index in [1.165, 1.54) is 23.9 Å². The van der Waals surface area contributed by atoms with Gasteiger partial charge in [0.05, 0.1) is 18.0 Å². The van der Waals surface area contributed by atoms with Gasteiger partial charge in [0, 0.05) is 21.4 Å². The summed E-state index contributed by atoms with van der Waals surface area (Å²) in [5.41, 5.74) is 1.85. The van der Waals surface area contributed by atoms with E-state index in [4.69, 9.17) is 4.42 Å². The highest BCUT2D eigenvalue weighted by atomic mass is 32.2. The first-order valence-electron chi connectivity index (χ1n) is 8.93. The molecule has 0 unspecified atom stereocenters. The van der Waals surface area contributed by atoms with Crippen LogP contribution in [0, 0.1) is 12.7 Å². The van der Waals surface area contributed by atoms with Crippen LogP contribution < -0.4 is 5.32 Å². The number of para-hydroxylation sites is 1. The smallest absolute Gasteiger partial charge is 0.224 e. The van der Waals surface area contributed by atoms with E-state index in [9.17, 15) is 9.18 Å². The summed E-state index contributed by atoms with van der Waals surface area (Å²) in [5.74, 6) is 1.16. The molecule has 0 saturated heterocycles. The van der Waals surface area contributed by atoms with Crippen molar-refractivity contribution < 1.29 is 13.6 Å². The van der Waals surface area contributed by atoms with E-state index in [0.717, 1.165) is 37.9 Å². The van der Waals surface area contributed by atoms with Gasteiger partial charge < -0.3 is 14.7 Å². The molecule has 1 amide bonds. The van der Waals surface area contributed by atoms with Crippen LogP contribution in [0.5, 0.6) is 0 Å². The Morgan fingerprint density at radius 1 is 1.14 bits per heavy atom. The van der Waals surface area contributed by atoms with Gasteiger partial charge in [-0.25, -0.2) is 4.39 Å². The Morgan fingerprint density at radius 3 is 2.79 bits per heavy atom. The fourth-order valence-corrected chi connectivity index (χ4v) is 4.10. The number of fused-ring (bicyclic) bond motifs is 1. The van der Waals surface area contributed by atoms with E-state index in [-0.39, 0.29) is 18.1 Å². The normalized spacial score (nSPS) is 11.1. The number of hydrogen-bond donors (Lipinski definition) is 2. The monoisotopic (exact) mass is 394 g/mol. The summed E-state index contributed by atoms with van der Waals surface area (Å²) in [5, 5.41) is 4.73. The number of aryl methyl sites for hydroxylation is 1. The van der Waals surface area contributed by atoms with E-state index in [2.05, 4.69) is 10.3 Å². The van der Waals surface area contributed by atoms with Crippen molar-refractivity contribution in [3.63, 3.8) is 0 Å². The van der Waals surface area contributed by atoms with E-state index >= 15 is 0 Å². The highest BCUT2D eigenvalue weighted by Crippen LogP contribution is 2.35. The topological polar surface area (TPSA) is 58.0 Å². The highest BCUT2D eigenvalue weighted by Gasteiger charge is 2.16. The lowest BCUT2D eigenvalue weighted by molar-refractivity contribution is -0.120. The summed E-state index contributed by atoms with van der Waals surface area (Å²) in [4.78, 5) is 16.7. The first kappa shape index (κ1) is 18.4. The minimum Gasteiger partial charge on any atom is -0.465 e. The molecule has 2 aromatic heterocycles. The second kappa shape index (κ2) is 7.94. The molecular formula is C22H19FN2O2S. The van der Waals surface area contributed by atoms with Crippen molar-refractivity contribution >= 4 is 28.6 Å². The maximum Gasteiger partial charge on any atom is 0.224 e. The number of aromatic nitrogens is 1. The molecule has 142 valence electrons. The average molecular weight is 394 g/mol. The largest absolute Gasteiger partial charge is 0.465 e. The number of benzene rings is 2. The molecule has 0 aliphatic carbocycles. The zero-order chi connectivity index (χ0) is 19.5. The van der Waals surface area contributed by atoms with Gasteiger partial charge in [-0.3, -0.25) is 4.79 Å². The van der Waals surface area contributed by atoms with Crippen LogP contribution in [0.1, 0.15) is 17.1 Å². The van der Waals surface area contributed by atoms with Gasteiger partial charge in [0.2, 0.25) is 5.91 Å². The number of amides is 1. The van der Waals surface area contributed by atoms with Gasteiger partial charge in [-0.1, -0.05) is 36.0 Å². The number of halogens is 1. The first-order valence-corrected chi connectivity index (χ1v) is 9.75. The van der Waals surface area contributed by atoms with Crippen LogP contribution in [0.4, 0.5) is 4.39 Å². The van der Waals surface area contributed by atoms with Gasteiger partial charge in [-0.15, -0.1) is 0 Å². The van der Waals surface area contributed by atoms with Crippen molar-refractivity contribution in [1.29, 1.82) is 0 Å². The van der Waals surface area contributed by atoms with Gasteiger partial charge in [0.1, 0.15) is 17.3 Å². The number of H-pyrrole nitrogens is 1. The Bertz CT molecular complexity index is 1130. The summed E-state index contributed by atoms with van der Waals surface area (Å²) in [7, 11) is 0. The van der Waals surface area contributed by atoms with E-state index in [1.807, 2.05) is 49.4 Å². The third kappa shape index (κ3) is 4.12. The number of nitrogens with one attached hydrogen (secondary N) is 2. The van der Waals surface area contributed by atoms with E-state index in [0.29, 0.717) is 6.54 Å². The molecule has 0 spiro atoms. The second-order valence-corrected chi connectivity index (χ2v) is 7.59. The van der Waals surface area contributed by atoms with Gasteiger partial charge in [-0.05, 0) is 43.3 Å².